The summed E-state index contributed by atoms with van der Waals surface area (Å²) in [6.45, 7) is 3.11. The first-order valence-corrected chi connectivity index (χ1v) is 6.20. The van der Waals surface area contributed by atoms with E-state index in [1.54, 1.807) is 12.1 Å². The average molecular weight is 242 g/mol. The van der Waals surface area contributed by atoms with Crippen molar-refractivity contribution in [1.82, 2.24) is 5.32 Å². The Morgan fingerprint density at radius 3 is 2.88 bits per heavy atom. The standard InChI is InChI=1S/C13H17ClFN/c1-9(8-16-12-4-5-12)6-10-2-3-11(14)7-13(10)15/h2-3,7,9,12,16H,4-6,8H2,1H3. The van der Waals surface area contributed by atoms with E-state index >= 15 is 0 Å². The maximum atomic E-state index is 13.5. The smallest absolute Gasteiger partial charge is 0.127 e. The summed E-state index contributed by atoms with van der Waals surface area (Å²) in [7, 11) is 0. The molecule has 0 amide bonds. The second kappa shape index (κ2) is 5.15. The van der Waals surface area contributed by atoms with Crippen molar-refractivity contribution >= 4 is 11.6 Å². The first-order chi connectivity index (χ1) is 7.65. The van der Waals surface area contributed by atoms with E-state index in [9.17, 15) is 4.39 Å². The summed E-state index contributed by atoms with van der Waals surface area (Å²) in [5.74, 6) is 0.266. The van der Waals surface area contributed by atoms with Gasteiger partial charge >= 0.3 is 0 Å². The quantitative estimate of drug-likeness (QED) is 0.833. The molecule has 3 heteroatoms. The van der Waals surface area contributed by atoms with Crippen LogP contribution in [0, 0.1) is 11.7 Å². The summed E-state index contributed by atoms with van der Waals surface area (Å²) in [4.78, 5) is 0. The Morgan fingerprint density at radius 1 is 1.50 bits per heavy atom. The Labute approximate surface area is 101 Å². The molecule has 1 aliphatic rings. The third-order valence-corrected chi connectivity index (χ3v) is 3.15. The van der Waals surface area contributed by atoms with Gasteiger partial charge in [-0.3, -0.25) is 0 Å². The van der Waals surface area contributed by atoms with Crippen molar-refractivity contribution in [3.63, 3.8) is 0 Å². The first kappa shape index (κ1) is 11.9. The monoisotopic (exact) mass is 241 g/mol. The van der Waals surface area contributed by atoms with Crippen LogP contribution in [0.25, 0.3) is 0 Å². The molecule has 1 atom stereocenters. The number of rotatable bonds is 5. The minimum Gasteiger partial charge on any atom is -0.314 e. The fourth-order valence-electron chi connectivity index (χ4n) is 1.79. The Bertz CT molecular complexity index is 363. The molecule has 2 rings (SSSR count). The van der Waals surface area contributed by atoms with E-state index in [1.807, 2.05) is 0 Å². The number of hydrogen-bond acceptors (Lipinski definition) is 1. The van der Waals surface area contributed by atoms with Crippen molar-refractivity contribution in [3.8, 4) is 0 Å². The molecule has 0 aromatic heterocycles. The molecule has 0 saturated heterocycles. The highest BCUT2D eigenvalue weighted by Gasteiger charge is 2.21. The van der Waals surface area contributed by atoms with E-state index in [0.717, 1.165) is 24.6 Å². The molecule has 1 saturated carbocycles. The lowest BCUT2D eigenvalue weighted by Crippen LogP contribution is -2.24. The van der Waals surface area contributed by atoms with Crippen LogP contribution in [-0.4, -0.2) is 12.6 Å². The fraction of sp³-hybridized carbons (Fsp3) is 0.538. The fourth-order valence-corrected chi connectivity index (χ4v) is 1.95. The van der Waals surface area contributed by atoms with E-state index < -0.39 is 0 Å². The first-order valence-electron chi connectivity index (χ1n) is 5.82. The van der Waals surface area contributed by atoms with Gasteiger partial charge in [0, 0.05) is 11.1 Å². The van der Waals surface area contributed by atoms with Crippen LogP contribution in [0.1, 0.15) is 25.3 Å². The normalized spacial score (nSPS) is 17.4. The van der Waals surface area contributed by atoms with E-state index in [4.69, 9.17) is 11.6 Å². The van der Waals surface area contributed by atoms with Crippen molar-refractivity contribution in [2.24, 2.45) is 5.92 Å². The largest absolute Gasteiger partial charge is 0.314 e. The number of halogens is 2. The predicted octanol–water partition coefficient (Wildman–Crippen LogP) is 3.41. The molecule has 88 valence electrons. The summed E-state index contributed by atoms with van der Waals surface area (Å²) in [5, 5.41) is 3.92. The Kier molecular flexibility index (Phi) is 3.82. The van der Waals surface area contributed by atoms with Crippen LogP contribution in [-0.2, 0) is 6.42 Å². The molecule has 0 bridgehead atoms. The highest BCUT2D eigenvalue weighted by molar-refractivity contribution is 6.30. The lowest BCUT2D eigenvalue weighted by molar-refractivity contribution is 0.495. The van der Waals surface area contributed by atoms with Gasteiger partial charge in [0.25, 0.3) is 0 Å². The lowest BCUT2D eigenvalue weighted by Gasteiger charge is -2.12. The van der Waals surface area contributed by atoms with Crippen molar-refractivity contribution in [1.29, 1.82) is 0 Å². The van der Waals surface area contributed by atoms with Gasteiger partial charge in [0.05, 0.1) is 0 Å². The summed E-state index contributed by atoms with van der Waals surface area (Å²) >= 11 is 5.71. The number of nitrogens with one attached hydrogen (secondary N) is 1. The van der Waals surface area contributed by atoms with Crippen molar-refractivity contribution in [2.75, 3.05) is 6.54 Å². The van der Waals surface area contributed by atoms with Gasteiger partial charge in [0.1, 0.15) is 5.82 Å². The van der Waals surface area contributed by atoms with Gasteiger partial charge in [-0.15, -0.1) is 0 Å². The predicted molar refractivity (Wildman–Crippen MR) is 65.3 cm³/mol. The molecule has 0 radical (unpaired) electrons. The molecule has 0 spiro atoms. The Hall–Kier alpha value is -0.600. The summed E-state index contributed by atoms with van der Waals surface area (Å²) in [6.07, 6.45) is 3.35. The summed E-state index contributed by atoms with van der Waals surface area (Å²) in [6, 6.07) is 5.64. The molecule has 1 aromatic carbocycles. The maximum Gasteiger partial charge on any atom is 0.127 e. The third kappa shape index (κ3) is 3.46. The molecule has 1 fully saturated rings. The number of benzene rings is 1. The van der Waals surface area contributed by atoms with E-state index in [1.165, 1.54) is 18.9 Å². The van der Waals surface area contributed by atoms with Gasteiger partial charge in [-0.2, -0.15) is 0 Å². The van der Waals surface area contributed by atoms with Gasteiger partial charge in [-0.05, 0) is 49.4 Å². The molecule has 1 nitrogen and oxygen atoms in total. The van der Waals surface area contributed by atoms with Crippen LogP contribution in [0.5, 0.6) is 0 Å². The van der Waals surface area contributed by atoms with Gasteiger partial charge in [0.2, 0.25) is 0 Å². The van der Waals surface area contributed by atoms with E-state index in [0.29, 0.717) is 10.9 Å². The molecule has 1 N–H and O–H groups in total. The van der Waals surface area contributed by atoms with Crippen LogP contribution in [0.3, 0.4) is 0 Å². The van der Waals surface area contributed by atoms with Gasteiger partial charge in [0.15, 0.2) is 0 Å². The zero-order valence-electron chi connectivity index (χ0n) is 9.47. The molecular weight excluding hydrogens is 225 g/mol. The number of hydrogen-bond donors (Lipinski definition) is 1. The second-order valence-corrected chi connectivity index (χ2v) is 5.16. The van der Waals surface area contributed by atoms with Crippen LogP contribution < -0.4 is 5.32 Å². The average Bonchev–Trinajstić information content (AvgIpc) is 3.03. The zero-order valence-corrected chi connectivity index (χ0v) is 10.2. The molecule has 0 aliphatic heterocycles. The molecule has 1 aliphatic carbocycles. The minimum absolute atomic E-state index is 0.189. The van der Waals surface area contributed by atoms with Gasteiger partial charge < -0.3 is 5.32 Å². The second-order valence-electron chi connectivity index (χ2n) is 4.73. The Morgan fingerprint density at radius 2 is 2.25 bits per heavy atom. The van der Waals surface area contributed by atoms with Crippen LogP contribution in [0.2, 0.25) is 5.02 Å². The third-order valence-electron chi connectivity index (χ3n) is 2.92. The van der Waals surface area contributed by atoms with E-state index in [2.05, 4.69) is 12.2 Å². The SMILES string of the molecule is CC(CNC1CC1)Cc1ccc(Cl)cc1F. The highest BCUT2D eigenvalue weighted by atomic mass is 35.5. The summed E-state index contributed by atoms with van der Waals surface area (Å²) in [5.41, 5.74) is 0.759. The molecule has 16 heavy (non-hydrogen) atoms. The van der Waals surface area contributed by atoms with Crippen LogP contribution in [0.4, 0.5) is 4.39 Å². The zero-order chi connectivity index (χ0) is 11.5. The van der Waals surface area contributed by atoms with Gasteiger partial charge in [-0.1, -0.05) is 24.6 Å². The van der Waals surface area contributed by atoms with Crippen LogP contribution in [0.15, 0.2) is 18.2 Å². The Balaban J connectivity index is 1.86. The van der Waals surface area contributed by atoms with Gasteiger partial charge in [-0.25, -0.2) is 4.39 Å². The van der Waals surface area contributed by atoms with Crippen molar-refractivity contribution in [3.05, 3.63) is 34.6 Å². The lowest BCUT2D eigenvalue weighted by atomic mass is 10.0. The highest BCUT2D eigenvalue weighted by Crippen LogP contribution is 2.20. The molecular formula is C13H17ClFN. The summed E-state index contributed by atoms with van der Waals surface area (Å²) < 4.78 is 13.5. The maximum absolute atomic E-state index is 13.5. The van der Waals surface area contributed by atoms with E-state index in [-0.39, 0.29) is 5.82 Å². The van der Waals surface area contributed by atoms with Crippen molar-refractivity contribution < 1.29 is 4.39 Å². The minimum atomic E-state index is -0.189. The molecule has 1 unspecified atom stereocenters. The topological polar surface area (TPSA) is 12.0 Å². The molecule has 1 aromatic rings. The van der Waals surface area contributed by atoms with Crippen LogP contribution >= 0.6 is 11.6 Å². The van der Waals surface area contributed by atoms with Crippen molar-refractivity contribution in [2.45, 2.75) is 32.2 Å². The molecule has 0 heterocycles.